The molecule has 0 radical (unpaired) electrons. The van der Waals surface area contributed by atoms with Crippen LogP contribution in [-0.2, 0) is 26.0 Å². The summed E-state index contributed by atoms with van der Waals surface area (Å²) < 4.78 is 25.4. The molecule has 0 spiro atoms. The van der Waals surface area contributed by atoms with Crippen LogP contribution in [0.5, 0.6) is 0 Å². The topological polar surface area (TPSA) is 95.6 Å². The van der Waals surface area contributed by atoms with Gasteiger partial charge in [-0.3, -0.25) is 13.9 Å². The van der Waals surface area contributed by atoms with Crippen molar-refractivity contribution in [3.8, 4) is 0 Å². The van der Waals surface area contributed by atoms with Gasteiger partial charge >= 0.3 is 0 Å². The molecule has 0 unspecified atom stereocenters. The van der Waals surface area contributed by atoms with E-state index < -0.39 is 10.0 Å². The second kappa shape index (κ2) is 8.81. The summed E-state index contributed by atoms with van der Waals surface area (Å²) in [4.78, 5) is 24.1. The number of amides is 2. The van der Waals surface area contributed by atoms with Crippen LogP contribution in [0.2, 0.25) is 0 Å². The number of sulfonamides is 1. The molecule has 2 amide bonds. The highest BCUT2D eigenvalue weighted by atomic mass is 32.2. The highest BCUT2D eigenvalue weighted by Gasteiger charge is 2.18. The summed E-state index contributed by atoms with van der Waals surface area (Å²) >= 11 is 1.50. The number of hydrogen-bond acceptors (Lipinski definition) is 5. The van der Waals surface area contributed by atoms with Crippen molar-refractivity contribution >= 4 is 44.5 Å². The molecular formula is C17H21N3O4S2. The van der Waals surface area contributed by atoms with Gasteiger partial charge in [-0.2, -0.15) is 0 Å². The lowest BCUT2D eigenvalue weighted by molar-refractivity contribution is -0.120. The summed E-state index contributed by atoms with van der Waals surface area (Å²) in [7, 11) is -3.54. The Labute approximate surface area is 157 Å². The third kappa shape index (κ3) is 6.16. The smallest absolute Gasteiger partial charge is 0.232 e. The van der Waals surface area contributed by atoms with E-state index in [1.54, 1.807) is 24.3 Å². The predicted octanol–water partition coefficient (Wildman–Crippen LogP) is 1.83. The Morgan fingerprint density at radius 3 is 2.58 bits per heavy atom. The Morgan fingerprint density at radius 1 is 1.19 bits per heavy atom. The molecule has 1 aromatic carbocycles. The normalized spacial score (nSPS) is 11.0. The van der Waals surface area contributed by atoms with E-state index in [-0.39, 0.29) is 31.3 Å². The molecule has 140 valence electrons. The van der Waals surface area contributed by atoms with E-state index in [2.05, 4.69) is 10.6 Å². The molecular weight excluding hydrogens is 374 g/mol. The molecule has 0 aliphatic rings. The van der Waals surface area contributed by atoms with Crippen LogP contribution < -0.4 is 14.9 Å². The number of anilines is 2. The number of carbonyl (C=O) groups excluding carboxylic acids is 2. The lowest BCUT2D eigenvalue weighted by atomic mass is 10.2. The van der Waals surface area contributed by atoms with Gasteiger partial charge in [0.2, 0.25) is 21.8 Å². The molecule has 0 saturated carbocycles. The maximum absolute atomic E-state index is 12.1. The van der Waals surface area contributed by atoms with Gasteiger partial charge in [0, 0.05) is 24.0 Å². The van der Waals surface area contributed by atoms with Crippen LogP contribution >= 0.6 is 11.3 Å². The Kier molecular flexibility index (Phi) is 6.76. The molecule has 1 heterocycles. The molecule has 9 heteroatoms. The molecule has 2 aromatic rings. The van der Waals surface area contributed by atoms with Crippen molar-refractivity contribution in [2.45, 2.75) is 13.3 Å². The molecule has 0 bridgehead atoms. The van der Waals surface area contributed by atoms with Crippen molar-refractivity contribution in [1.29, 1.82) is 0 Å². The van der Waals surface area contributed by atoms with E-state index in [1.807, 2.05) is 17.5 Å². The first kappa shape index (κ1) is 19.9. The zero-order valence-electron chi connectivity index (χ0n) is 14.6. The first-order valence-electron chi connectivity index (χ1n) is 7.90. The van der Waals surface area contributed by atoms with Crippen molar-refractivity contribution < 1.29 is 18.0 Å². The van der Waals surface area contributed by atoms with Crippen molar-refractivity contribution in [3.05, 3.63) is 46.7 Å². The fourth-order valence-corrected chi connectivity index (χ4v) is 3.98. The highest BCUT2D eigenvalue weighted by molar-refractivity contribution is 7.92. The lowest BCUT2D eigenvalue weighted by Crippen LogP contribution is -2.38. The fraction of sp³-hybridized carbons (Fsp3) is 0.294. The van der Waals surface area contributed by atoms with Crippen LogP contribution in [0.4, 0.5) is 11.4 Å². The third-order valence-electron chi connectivity index (χ3n) is 3.41. The molecule has 0 saturated heterocycles. The predicted molar refractivity (Wildman–Crippen MR) is 104 cm³/mol. The number of nitrogens with zero attached hydrogens (tertiary/aromatic N) is 1. The Morgan fingerprint density at radius 2 is 1.96 bits per heavy atom. The first-order valence-corrected chi connectivity index (χ1v) is 10.6. The molecule has 1 aromatic heterocycles. The summed E-state index contributed by atoms with van der Waals surface area (Å²) in [6, 6.07) is 10.3. The van der Waals surface area contributed by atoms with Crippen LogP contribution in [0.1, 0.15) is 11.8 Å². The molecule has 0 aliphatic carbocycles. The Hall–Kier alpha value is -2.39. The van der Waals surface area contributed by atoms with Crippen LogP contribution in [0.15, 0.2) is 41.8 Å². The minimum atomic E-state index is -3.54. The van der Waals surface area contributed by atoms with Gasteiger partial charge in [0.15, 0.2) is 0 Å². The van der Waals surface area contributed by atoms with Gasteiger partial charge in [-0.1, -0.05) is 12.1 Å². The summed E-state index contributed by atoms with van der Waals surface area (Å²) in [5.74, 6) is -0.401. The zero-order valence-corrected chi connectivity index (χ0v) is 16.2. The molecule has 0 aliphatic heterocycles. The van der Waals surface area contributed by atoms with Crippen molar-refractivity contribution in [2.24, 2.45) is 0 Å². The van der Waals surface area contributed by atoms with E-state index in [9.17, 15) is 18.0 Å². The lowest BCUT2D eigenvalue weighted by Gasteiger charge is -2.23. The number of benzene rings is 1. The average molecular weight is 396 g/mol. The van der Waals surface area contributed by atoms with Gasteiger partial charge in [-0.25, -0.2) is 8.42 Å². The number of hydrogen-bond donors (Lipinski definition) is 2. The van der Waals surface area contributed by atoms with Gasteiger partial charge in [0.05, 0.1) is 24.9 Å². The van der Waals surface area contributed by atoms with Gasteiger partial charge in [0.1, 0.15) is 0 Å². The monoisotopic (exact) mass is 395 g/mol. The van der Waals surface area contributed by atoms with Crippen LogP contribution in [-0.4, -0.2) is 39.6 Å². The molecule has 2 rings (SSSR count). The number of rotatable bonds is 8. The highest BCUT2D eigenvalue weighted by Crippen LogP contribution is 2.21. The van der Waals surface area contributed by atoms with Crippen LogP contribution in [0.25, 0.3) is 0 Å². The molecule has 26 heavy (non-hydrogen) atoms. The van der Waals surface area contributed by atoms with Crippen LogP contribution in [0, 0.1) is 0 Å². The van der Waals surface area contributed by atoms with Crippen molar-refractivity contribution in [1.82, 2.24) is 5.32 Å². The van der Waals surface area contributed by atoms with Gasteiger partial charge in [-0.15, -0.1) is 11.3 Å². The first-order chi connectivity index (χ1) is 12.3. The Balaban J connectivity index is 2.02. The molecule has 0 fully saturated rings. The summed E-state index contributed by atoms with van der Waals surface area (Å²) in [6.45, 7) is 1.66. The minimum Gasteiger partial charge on any atom is -0.354 e. The van der Waals surface area contributed by atoms with Gasteiger partial charge < -0.3 is 10.6 Å². The van der Waals surface area contributed by atoms with Gasteiger partial charge in [-0.05, 0) is 29.6 Å². The quantitative estimate of drug-likeness (QED) is 0.713. The zero-order chi connectivity index (χ0) is 19.2. The van der Waals surface area contributed by atoms with E-state index in [0.717, 1.165) is 11.1 Å². The summed E-state index contributed by atoms with van der Waals surface area (Å²) in [5, 5.41) is 7.25. The van der Waals surface area contributed by atoms with Crippen LogP contribution in [0.3, 0.4) is 0 Å². The van der Waals surface area contributed by atoms with E-state index in [4.69, 9.17) is 0 Å². The minimum absolute atomic E-state index is 0.0958. The van der Waals surface area contributed by atoms with Crippen molar-refractivity contribution in [3.63, 3.8) is 0 Å². The van der Waals surface area contributed by atoms with E-state index >= 15 is 0 Å². The summed E-state index contributed by atoms with van der Waals surface area (Å²) in [6.07, 6.45) is 1.38. The third-order valence-corrected chi connectivity index (χ3v) is 5.48. The Bertz CT molecular complexity index is 864. The molecule has 7 nitrogen and oxygen atoms in total. The fourth-order valence-electron chi connectivity index (χ4n) is 2.36. The number of thiophene rings is 1. The maximum atomic E-state index is 12.1. The average Bonchev–Trinajstić information content (AvgIpc) is 3.02. The largest absolute Gasteiger partial charge is 0.354 e. The standard InChI is InChI=1S/C17H21N3O4S2/c1-13(21)19-14-5-3-6-15(11-14)20(26(2,23)24)9-8-18-17(22)12-16-7-4-10-25-16/h3-7,10-11H,8-9,12H2,1-2H3,(H,18,22)(H,19,21). The van der Waals surface area contributed by atoms with E-state index in [1.165, 1.54) is 22.6 Å². The maximum Gasteiger partial charge on any atom is 0.232 e. The number of nitrogens with one attached hydrogen (secondary N) is 2. The van der Waals surface area contributed by atoms with Gasteiger partial charge in [0.25, 0.3) is 0 Å². The van der Waals surface area contributed by atoms with E-state index in [0.29, 0.717) is 11.4 Å². The molecule has 0 atom stereocenters. The second-order valence-corrected chi connectivity index (χ2v) is 8.61. The second-order valence-electron chi connectivity index (χ2n) is 5.67. The number of carbonyl (C=O) groups is 2. The SMILES string of the molecule is CC(=O)Nc1cccc(N(CCNC(=O)Cc2cccs2)S(C)(=O)=O)c1. The van der Waals surface area contributed by atoms with Crippen molar-refractivity contribution in [2.75, 3.05) is 29.0 Å². The molecule has 2 N–H and O–H groups in total. The summed E-state index contributed by atoms with van der Waals surface area (Å²) in [5.41, 5.74) is 0.927.